The second kappa shape index (κ2) is 8.23. The highest BCUT2D eigenvalue weighted by molar-refractivity contribution is 6.31. The molecular formula is C21H19Cl2N. The van der Waals surface area contributed by atoms with E-state index in [-0.39, 0.29) is 0 Å². The van der Waals surface area contributed by atoms with E-state index >= 15 is 0 Å². The molecule has 0 N–H and O–H groups in total. The highest BCUT2D eigenvalue weighted by Crippen LogP contribution is 2.29. The van der Waals surface area contributed by atoms with Crippen LogP contribution in [0.4, 0.5) is 5.69 Å². The lowest BCUT2D eigenvalue weighted by Gasteiger charge is -2.27. The van der Waals surface area contributed by atoms with Gasteiger partial charge in [-0.25, -0.2) is 0 Å². The minimum absolute atomic E-state index is 0.465. The number of nitrogens with zero attached hydrogens (tertiary/aromatic N) is 1. The van der Waals surface area contributed by atoms with E-state index in [9.17, 15) is 0 Å². The molecule has 0 unspecified atom stereocenters. The van der Waals surface area contributed by atoms with Crippen LogP contribution < -0.4 is 4.90 Å². The van der Waals surface area contributed by atoms with Gasteiger partial charge < -0.3 is 4.90 Å². The molecule has 24 heavy (non-hydrogen) atoms. The van der Waals surface area contributed by atoms with Gasteiger partial charge in [-0.05, 0) is 28.8 Å². The number of halogens is 2. The summed E-state index contributed by atoms with van der Waals surface area (Å²) in [5, 5.41) is 0.727. The summed E-state index contributed by atoms with van der Waals surface area (Å²) in [4.78, 5) is 2.33. The predicted octanol–water partition coefficient (Wildman–Crippen LogP) is 6.29. The summed E-state index contributed by atoms with van der Waals surface area (Å²) in [7, 11) is 0. The molecule has 0 saturated heterocycles. The third-order valence-electron chi connectivity index (χ3n) is 3.96. The van der Waals surface area contributed by atoms with E-state index in [4.69, 9.17) is 23.2 Å². The predicted molar refractivity (Wildman–Crippen MR) is 104 cm³/mol. The Labute approximate surface area is 153 Å². The van der Waals surface area contributed by atoms with Crippen molar-refractivity contribution >= 4 is 28.9 Å². The van der Waals surface area contributed by atoms with Crippen molar-refractivity contribution in [2.75, 3.05) is 4.90 Å². The minimum Gasteiger partial charge on any atom is -0.363 e. The van der Waals surface area contributed by atoms with Crippen LogP contribution in [0.1, 0.15) is 16.7 Å². The summed E-state index contributed by atoms with van der Waals surface area (Å²) in [6.07, 6.45) is 0. The lowest BCUT2D eigenvalue weighted by Crippen LogP contribution is -2.23. The molecule has 0 radical (unpaired) electrons. The summed E-state index contributed by atoms with van der Waals surface area (Å²) in [6, 6.07) is 26.8. The van der Waals surface area contributed by atoms with Gasteiger partial charge in [-0.2, -0.15) is 0 Å². The Balaban J connectivity index is 1.96. The van der Waals surface area contributed by atoms with E-state index in [0.717, 1.165) is 29.4 Å². The first-order valence-corrected chi connectivity index (χ1v) is 8.84. The van der Waals surface area contributed by atoms with Crippen molar-refractivity contribution in [2.24, 2.45) is 0 Å². The van der Waals surface area contributed by atoms with Crippen molar-refractivity contribution in [3.63, 3.8) is 0 Å². The quantitative estimate of drug-likeness (QED) is 0.470. The smallest absolute Gasteiger partial charge is 0.0494 e. The Kier molecular flexibility index (Phi) is 5.79. The average molecular weight is 356 g/mol. The lowest BCUT2D eigenvalue weighted by molar-refractivity contribution is 0.796. The molecule has 0 aliphatic carbocycles. The van der Waals surface area contributed by atoms with Crippen LogP contribution in [-0.4, -0.2) is 0 Å². The van der Waals surface area contributed by atoms with Gasteiger partial charge in [0.2, 0.25) is 0 Å². The maximum Gasteiger partial charge on any atom is 0.0494 e. The van der Waals surface area contributed by atoms with Gasteiger partial charge in [0.05, 0.1) is 0 Å². The molecule has 1 nitrogen and oxygen atoms in total. The third-order valence-corrected chi connectivity index (χ3v) is 4.49. The maximum atomic E-state index is 6.25. The molecule has 0 amide bonds. The van der Waals surface area contributed by atoms with E-state index < -0.39 is 0 Å². The Morgan fingerprint density at radius 3 is 1.75 bits per heavy atom. The molecule has 0 aliphatic rings. The molecule has 3 heteroatoms. The lowest BCUT2D eigenvalue weighted by atomic mass is 10.1. The first kappa shape index (κ1) is 16.9. The van der Waals surface area contributed by atoms with Gasteiger partial charge in [-0.3, -0.25) is 0 Å². The maximum absolute atomic E-state index is 6.25. The Morgan fingerprint density at radius 1 is 0.708 bits per heavy atom. The molecule has 0 aromatic heterocycles. The number of hydrogen-bond donors (Lipinski definition) is 0. The normalized spacial score (nSPS) is 10.6. The van der Waals surface area contributed by atoms with Crippen molar-refractivity contribution in [3.05, 3.63) is 101 Å². The Hall–Kier alpha value is -1.96. The van der Waals surface area contributed by atoms with E-state index in [1.807, 2.05) is 30.3 Å². The van der Waals surface area contributed by atoms with Gasteiger partial charge in [-0.15, -0.1) is 11.6 Å². The molecule has 0 atom stereocenters. The third kappa shape index (κ3) is 4.31. The van der Waals surface area contributed by atoms with Gasteiger partial charge in [-0.1, -0.05) is 78.3 Å². The van der Waals surface area contributed by atoms with Gasteiger partial charge in [0, 0.05) is 29.7 Å². The molecule has 3 aromatic rings. The number of rotatable bonds is 6. The fraction of sp³-hybridized carbons (Fsp3) is 0.143. The first-order valence-electron chi connectivity index (χ1n) is 7.93. The van der Waals surface area contributed by atoms with Gasteiger partial charge in [0.1, 0.15) is 0 Å². The second-order valence-electron chi connectivity index (χ2n) is 5.73. The zero-order valence-corrected chi connectivity index (χ0v) is 14.8. The van der Waals surface area contributed by atoms with Crippen LogP contribution in [-0.2, 0) is 19.0 Å². The monoisotopic (exact) mass is 355 g/mol. The summed E-state index contributed by atoms with van der Waals surface area (Å²) in [5.74, 6) is 0.465. The number of benzene rings is 3. The van der Waals surface area contributed by atoms with E-state index in [1.165, 1.54) is 11.1 Å². The molecular weight excluding hydrogens is 337 g/mol. The van der Waals surface area contributed by atoms with Gasteiger partial charge in [0.15, 0.2) is 0 Å². The van der Waals surface area contributed by atoms with Crippen LogP contribution >= 0.6 is 23.2 Å². The summed E-state index contributed by atoms with van der Waals surface area (Å²) < 4.78 is 0. The zero-order chi connectivity index (χ0) is 16.8. The van der Waals surface area contributed by atoms with E-state index in [1.54, 1.807) is 0 Å². The number of alkyl halides is 1. The van der Waals surface area contributed by atoms with Crippen molar-refractivity contribution in [1.82, 2.24) is 0 Å². The molecule has 0 spiro atoms. The van der Waals surface area contributed by atoms with Crippen LogP contribution in [0, 0.1) is 0 Å². The standard InChI is InChI=1S/C21H19Cl2N/c22-14-19-11-12-20(23)13-21(19)24(15-17-7-3-1-4-8-17)16-18-9-5-2-6-10-18/h1-13H,14-16H2. The SMILES string of the molecule is ClCc1ccc(Cl)cc1N(Cc1ccccc1)Cc1ccccc1. The average Bonchev–Trinajstić information content (AvgIpc) is 2.63. The molecule has 3 aromatic carbocycles. The fourth-order valence-electron chi connectivity index (χ4n) is 2.78. The summed E-state index contributed by atoms with van der Waals surface area (Å²) >= 11 is 12.4. The van der Waals surface area contributed by atoms with Crippen LogP contribution in [0.5, 0.6) is 0 Å². The highest BCUT2D eigenvalue weighted by atomic mass is 35.5. The number of anilines is 1. The second-order valence-corrected chi connectivity index (χ2v) is 6.44. The topological polar surface area (TPSA) is 3.24 Å². The molecule has 3 rings (SSSR count). The van der Waals surface area contributed by atoms with E-state index in [2.05, 4.69) is 53.4 Å². The van der Waals surface area contributed by atoms with Gasteiger partial charge in [0.25, 0.3) is 0 Å². The molecule has 122 valence electrons. The Bertz CT molecular complexity index is 731. The van der Waals surface area contributed by atoms with Crippen LogP contribution in [0.3, 0.4) is 0 Å². The van der Waals surface area contributed by atoms with Crippen molar-refractivity contribution in [2.45, 2.75) is 19.0 Å². The zero-order valence-electron chi connectivity index (χ0n) is 13.3. The molecule has 0 fully saturated rings. The minimum atomic E-state index is 0.465. The van der Waals surface area contributed by atoms with Crippen molar-refractivity contribution in [1.29, 1.82) is 0 Å². The largest absolute Gasteiger partial charge is 0.363 e. The van der Waals surface area contributed by atoms with E-state index in [0.29, 0.717) is 5.88 Å². The fourth-order valence-corrected chi connectivity index (χ4v) is 3.17. The van der Waals surface area contributed by atoms with Crippen LogP contribution in [0.25, 0.3) is 0 Å². The molecule has 0 aliphatic heterocycles. The summed E-state index contributed by atoms with van der Waals surface area (Å²) in [6.45, 7) is 1.61. The molecule has 0 saturated carbocycles. The highest BCUT2D eigenvalue weighted by Gasteiger charge is 2.13. The Morgan fingerprint density at radius 2 is 1.25 bits per heavy atom. The first-order chi connectivity index (χ1) is 11.8. The number of hydrogen-bond acceptors (Lipinski definition) is 1. The van der Waals surface area contributed by atoms with Gasteiger partial charge >= 0.3 is 0 Å². The van der Waals surface area contributed by atoms with Crippen molar-refractivity contribution in [3.8, 4) is 0 Å². The van der Waals surface area contributed by atoms with Crippen molar-refractivity contribution < 1.29 is 0 Å². The molecule has 0 heterocycles. The van der Waals surface area contributed by atoms with Crippen LogP contribution in [0.2, 0.25) is 5.02 Å². The summed E-state index contributed by atoms with van der Waals surface area (Å²) in [5.41, 5.74) is 4.70. The van der Waals surface area contributed by atoms with Crippen LogP contribution in [0.15, 0.2) is 78.9 Å². The molecule has 0 bridgehead atoms.